The van der Waals surface area contributed by atoms with Crippen molar-refractivity contribution in [3.8, 4) is 11.3 Å². The predicted molar refractivity (Wildman–Crippen MR) is 124 cm³/mol. The summed E-state index contributed by atoms with van der Waals surface area (Å²) in [5.74, 6) is 0.773. The molecular formula is C22H24ClN5OS. The number of benzene rings is 1. The van der Waals surface area contributed by atoms with E-state index in [0.29, 0.717) is 24.7 Å². The Morgan fingerprint density at radius 2 is 2.07 bits per heavy atom. The molecule has 1 N–H and O–H groups in total. The lowest BCUT2D eigenvalue weighted by atomic mass is 10.1. The summed E-state index contributed by atoms with van der Waals surface area (Å²) in [6.45, 7) is 6.13. The molecule has 1 atom stereocenters. The van der Waals surface area contributed by atoms with Gasteiger partial charge in [-0.1, -0.05) is 30.7 Å². The molecule has 3 heterocycles. The molecule has 0 aliphatic carbocycles. The van der Waals surface area contributed by atoms with Gasteiger partial charge in [0, 0.05) is 48.5 Å². The number of hydrogen-bond donors (Lipinski definition) is 1. The molecule has 0 bridgehead atoms. The third-order valence-electron chi connectivity index (χ3n) is 5.21. The number of halogens is 1. The van der Waals surface area contributed by atoms with Gasteiger partial charge in [-0.2, -0.15) is 0 Å². The molecule has 8 heteroatoms. The highest BCUT2D eigenvalue weighted by Gasteiger charge is 2.28. The van der Waals surface area contributed by atoms with E-state index in [9.17, 15) is 4.79 Å². The summed E-state index contributed by atoms with van der Waals surface area (Å²) in [5.41, 5.74) is 2.81. The summed E-state index contributed by atoms with van der Waals surface area (Å²) >= 11 is 7.95. The van der Waals surface area contributed by atoms with Crippen LogP contribution in [-0.2, 0) is 6.42 Å². The first-order valence-corrected chi connectivity index (χ1v) is 11.3. The molecule has 1 aliphatic rings. The van der Waals surface area contributed by atoms with Gasteiger partial charge >= 0.3 is 6.03 Å². The number of aryl methyl sites for hydroxylation is 1. The zero-order valence-corrected chi connectivity index (χ0v) is 18.6. The van der Waals surface area contributed by atoms with Gasteiger partial charge in [0.25, 0.3) is 0 Å². The Hall–Kier alpha value is -2.64. The summed E-state index contributed by atoms with van der Waals surface area (Å²) in [7, 11) is 0. The van der Waals surface area contributed by atoms with Crippen molar-refractivity contribution >= 4 is 40.5 Å². The van der Waals surface area contributed by atoms with Crippen molar-refractivity contribution in [2.75, 3.05) is 29.9 Å². The molecule has 4 rings (SSSR count). The molecule has 0 saturated carbocycles. The fourth-order valence-electron chi connectivity index (χ4n) is 3.59. The minimum absolute atomic E-state index is 0.0403. The normalized spacial score (nSPS) is 16.6. The van der Waals surface area contributed by atoms with Gasteiger partial charge in [0.05, 0.1) is 15.7 Å². The van der Waals surface area contributed by atoms with Crippen LogP contribution in [0.25, 0.3) is 11.3 Å². The molecule has 0 unspecified atom stereocenters. The number of aromatic nitrogens is 2. The number of anilines is 2. The standard InChI is InChI=1S/C22H24ClN5OS/c1-3-20-26-19(14-30-20)16-6-8-17(9-7-16)25-22(29)28-12-11-27(13-15(28)2)21-18(23)5-4-10-24-21/h4-10,14-15H,3,11-13H2,1-2H3,(H,25,29)/t15-/m1/s1. The van der Waals surface area contributed by atoms with E-state index in [-0.39, 0.29) is 12.1 Å². The largest absolute Gasteiger partial charge is 0.352 e. The Kier molecular flexibility index (Phi) is 6.20. The average molecular weight is 442 g/mol. The Bertz CT molecular complexity index is 1020. The number of rotatable bonds is 4. The van der Waals surface area contributed by atoms with Crippen molar-refractivity contribution in [2.45, 2.75) is 26.3 Å². The second-order valence-corrected chi connectivity index (χ2v) is 8.63. The minimum atomic E-state index is -0.0936. The van der Waals surface area contributed by atoms with Gasteiger partial charge in [-0.15, -0.1) is 11.3 Å². The summed E-state index contributed by atoms with van der Waals surface area (Å²) in [4.78, 5) is 25.8. The van der Waals surface area contributed by atoms with E-state index < -0.39 is 0 Å². The second-order valence-electron chi connectivity index (χ2n) is 7.28. The van der Waals surface area contributed by atoms with Crippen LogP contribution in [0.2, 0.25) is 5.02 Å². The van der Waals surface area contributed by atoms with Crippen LogP contribution in [0, 0.1) is 0 Å². The van der Waals surface area contributed by atoms with Crippen molar-refractivity contribution in [3.63, 3.8) is 0 Å². The third-order valence-corrected chi connectivity index (χ3v) is 6.50. The van der Waals surface area contributed by atoms with Crippen LogP contribution in [0.5, 0.6) is 0 Å². The maximum absolute atomic E-state index is 12.8. The predicted octanol–water partition coefficient (Wildman–Crippen LogP) is 5.16. The Balaban J connectivity index is 1.37. The fourth-order valence-corrected chi connectivity index (χ4v) is 4.58. The van der Waals surface area contributed by atoms with Crippen LogP contribution < -0.4 is 10.2 Å². The van der Waals surface area contributed by atoms with Crippen LogP contribution in [0.1, 0.15) is 18.9 Å². The van der Waals surface area contributed by atoms with Gasteiger partial charge in [0.1, 0.15) is 5.82 Å². The number of thiazole rings is 1. The van der Waals surface area contributed by atoms with E-state index in [1.165, 1.54) is 0 Å². The van der Waals surface area contributed by atoms with Gasteiger partial charge in [-0.3, -0.25) is 0 Å². The number of urea groups is 1. The Morgan fingerprint density at radius 3 is 2.73 bits per heavy atom. The van der Waals surface area contributed by atoms with Gasteiger partial charge in [0.15, 0.2) is 0 Å². The van der Waals surface area contributed by atoms with Crippen LogP contribution in [0.4, 0.5) is 16.3 Å². The van der Waals surface area contributed by atoms with E-state index in [0.717, 1.165) is 34.2 Å². The number of nitrogens with one attached hydrogen (secondary N) is 1. The first-order valence-electron chi connectivity index (χ1n) is 10.0. The maximum atomic E-state index is 12.8. The van der Waals surface area contributed by atoms with Crippen molar-refractivity contribution in [3.05, 3.63) is 58.0 Å². The zero-order valence-electron chi connectivity index (χ0n) is 17.0. The number of piperazine rings is 1. The summed E-state index contributed by atoms with van der Waals surface area (Å²) in [6.07, 6.45) is 2.68. The van der Waals surface area contributed by atoms with Crippen molar-refractivity contribution < 1.29 is 4.79 Å². The molecule has 3 aromatic rings. The molecule has 6 nitrogen and oxygen atoms in total. The van der Waals surface area contributed by atoms with Crippen LogP contribution >= 0.6 is 22.9 Å². The fraction of sp³-hybridized carbons (Fsp3) is 0.318. The van der Waals surface area contributed by atoms with Gasteiger partial charge in [0.2, 0.25) is 0 Å². The molecule has 1 aliphatic heterocycles. The molecular weight excluding hydrogens is 418 g/mol. The van der Waals surface area contributed by atoms with E-state index in [1.807, 2.05) is 48.2 Å². The smallest absolute Gasteiger partial charge is 0.322 e. The minimum Gasteiger partial charge on any atom is -0.352 e. The molecule has 1 fully saturated rings. The molecule has 1 aromatic carbocycles. The van der Waals surface area contributed by atoms with Crippen molar-refractivity contribution in [1.82, 2.24) is 14.9 Å². The third kappa shape index (κ3) is 4.42. The molecule has 0 radical (unpaired) electrons. The lowest BCUT2D eigenvalue weighted by molar-refractivity contribution is 0.184. The Morgan fingerprint density at radius 1 is 1.27 bits per heavy atom. The van der Waals surface area contributed by atoms with Crippen LogP contribution in [0.3, 0.4) is 0 Å². The van der Waals surface area contributed by atoms with E-state index in [2.05, 4.69) is 32.5 Å². The second kappa shape index (κ2) is 9.02. The number of nitrogens with zero attached hydrogens (tertiary/aromatic N) is 4. The lowest BCUT2D eigenvalue weighted by Crippen LogP contribution is -2.55. The highest BCUT2D eigenvalue weighted by atomic mass is 35.5. The SMILES string of the molecule is CCc1nc(-c2ccc(NC(=O)N3CCN(c4ncccc4Cl)C[C@H]3C)cc2)cs1. The first kappa shape index (κ1) is 20.6. The average Bonchev–Trinajstić information content (AvgIpc) is 3.24. The summed E-state index contributed by atoms with van der Waals surface area (Å²) in [5, 5.41) is 6.84. The van der Waals surface area contributed by atoms with Crippen LogP contribution in [-0.4, -0.2) is 46.6 Å². The van der Waals surface area contributed by atoms with Gasteiger partial charge in [-0.05, 0) is 37.6 Å². The summed E-state index contributed by atoms with van der Waals surface area (Å²) < 4.78 is 0. The molecule has 1 saturated heterocycles. The summed E-state index contributed by atoms with van der Waals surface area (Å²) in [6, 6.07) is 11.4. The van der Waals surface area contributed by atoms with Gasteiger partial charge in [-0.25, -0.2) is 14.8 Å². The molecule has 156 valence electrons. The van der Waals surface area contributed by atoms with Crippen molar-refractivity contribution in [1.29, 1.82) is 0 Å². The van der Waals surface area contributed by atoms with Crippen LogP contribution in [0.15, 0.2) is 48.0 Å². The number of hydrogen-bond acceptors (Lipinski definition) is 5. The quantitative estimate of drug-likeness (QED) is 0.607. The number of carbonyl (C=O) groups is 1. The number of amides is 2. The first-order chi connectivity index (χ1) is 14.5. The topological polar surface area (TPSA) is 61.4 Å². The molecule has 2 amide bonds. The zero-order chi connectivity index (χ0) is 21.1. The van der Waals surface area contributed by atoms with E-state index in [4.69, 9.17) is 11.6 Å². The Labute approximate surface area is 185 Å². The number of carbonyl (C=O) groups excluding carboxylic acids is 1. The van der Waals surface area contributed by atoms with E-state index in [1.54, 1.807) is 17.5 Å². The maximum Gasteiger partial charge on any atom is 0.322 e. The van der Waals surface area contributed by atoms with Crippen molar-refractivity contribution in [2.24, 2.45) is 0 Å². The monoisotopic (exact) mass is 441 g/mol. The number of pyridine rings is 1. The molecule has 2 aromatic heterocycles. The lowest BCUT2D eigenvalue weighted by Gasteiger charge is -2.40. The highest BCUT2D eigenvalue weighted by Crippen LogP contribution is 2.26. The molecule has 30 heavy (non-hydrogen) atoms. The van der Waals surface area contributed by atoms with E-state index >= 15 is 0 Å². The van der Waals surface area contributed by atoms with Gasteiger partial charge < -0.3 is 15.1 Å². The highest BCUT2D eigenvalue weighted by molar-refractivity contribution is 7.09. The molecule has 0 spiro atoms.